The van der Waals surface area contributed by atoms with Crippen LogP contribution in [0.4, 0.5) is 5.82 Å². The molecule has 3 N–H and O–H groups in total. The summed E-state index contributed by atoms with van der Waals surface area (Å²) in [7, 11) is 0. The third kappa shape index (κ3) is 1.82. The highest BCUT2D eigenvalue weighted by molar-refractivity contribution is 14.1. The summed E-state index contributed by atoms with van der Waals surface area (Å²) in [4.78, 5) is 0. The average Bonchev–Trinajstić information content (AvgIpc) is 2.52. The highest BCUT2D eigenvalue weighted by Crippen LogP contribution is 2.20. The zero-order chi connectivity index (χ0) is 9.26. The number of aromatic nitrogens is 2. The molecular formula is C9H8IN3. The third-order valence-electron chi connectivity index (χ3n) is 1.73. The average molecular weight is 285 g/mol. The molecule has 0 aliphatic heterocycles. The molecule has 1 aromatic carbocycles. The number of rotatable bonds is 1. The Morgan fingerprint density at radius 2 is 2.15 bits per heavy atom. The van der Waals surface area contributed by atoms with Crippen molar-refractivity contribution in [1.82, 2.24) is 10.2 Å². The maximum Gasteiger partial charge on any atom is 0.145 e. The van der Waals surface area contributed by atoms with Gasteiger partial charge in [0.05, 0.1) is 5.69 Å². The Kier molecular flexibility index (Phi) is 2.22. The Labute approximate surface area is 89.5 Å². The van der Waals surface area contributed by atoms with Gasteiger partial charge in [-0.25, -0.2) is 0 Å². The lowest BCUT2D eigenvalue weighted by atomic mass is 10.2. The van der Waals surface area contributed by atoms with Crippen molar-refractivity contribution in [3.05, 3.63) is 33.9 Å². The van der Waals surface area contributed by atoms with Gasteiger partial charge in [0, 0.05) is 15.2 Å². The normalized spacial score (nSPS) is 10.2. The van der Waals surface area contributed by atoms with E-state index in [1.165, 1.54) is 3.57 Å². The van der Waals surface area contributed by atoms with E-state index in [9.17, 15) is 0 Å². The van der Waals surface area contributed by atoms with E-state index < -0.39 is 0 Å². The first-order chi connectivity index (χ1) is 6.25. The summed E-state index contributed by atoms with van der Waals surface area (Å²) >= 11 is 2.27. The standard InChI is InChI=1S/C9H8IN3/c10-7-3-1-2-6(4-7)8-5-9(11)13-12-8/h1-5H,(H3,11,12,13). The fourth-order valence-corrected chi connectivity index (χ4v) is 1.68. The van der Waals surface area contributed by atoms with Crippen molar-refractivity contribution < 1.29 is 0 Å². The molecule has 1 heterocycles. The summed E-state index contributed by atoms with van der Waals surface area (Å²) in [5.41, 5.74) is 7.57. The number of hydrogen-bond acceptors (Lipinski definition) is 2. The number of hydrogen-bond donors (Lipinski definition) is 2. The van der Waals surface area contributed by atoms with Gasteiger partial charge in [-0.3, -0.25) is 5.10 Å². The first kappa shape index (κ1) is 8.55. The first-order valence-corrected chi connectivity index (χ1v) is 4.90. The van der Waals surface area contributed by atoms with Crippen LogP contribution in [0, 0.1) is 3.57 Å². The van der Waals surface area contributed by atoms with E-state index in [-0.39, 0.29) is 0 Å². The molecule has 0 saturated heterocycles. The predicted molar refractivity (Wildman–Crippen MR) is 61.2 cm³/mol. The van der Waals surface area contributed by atoms with Crippen LogP contribution in [-0.4, -0.2) is 10.2 Å². The number of nitrogens with two attached hydrogens (primary N) is 1. The molecule has 13 heavy (non-hydrogen) atoms. The highest BCUT2D eigenvalue weighted by Gasteiger charge is 2.00. The Balaban J connectivity index is 2.46. The molecule has 0 spiro atoms. The lowest BCUT2D eigenvalue weighted by Gasteiger charge is -1.96. The van der Waals surface area contributed by atoms with Gasteiger partial charge in [0.2, 0.25) is 0 Å². The summed E-state index contributed by atoms with van der Waals surface area (Å²) in [6.07, 6.45) is 0. The van der Waals surface area contributed by atoms with Crippen LogP contribution < -0.4 is 5.73 Å². The van der Waals surface area contributed by atoms with E-state index in [2.05, 4.69) is 38.9 Å². The van der Waals surface area contributed by atoms with Gasteiger partial charge in [0.25, 0.3) is 0 Å². The molecule has 3 nitrogen and oxygen atoms in total. The van der Waals surface area contributed by atoms with E-state index in [0.29, 0.717) is 5.82 Å². The second-order valence-electron chi connectivity index (χ2n) is 2.72. The molecule has 0 aliphatic rings. The number of H-pyrrole nitrogens is 1. The maximum absolute atomic E-state index is 5.51. The fraction of sp³-hybridized carbons (Fsp3) is 0. The van der Waals surface area contributed by atoms with Gasteiger partial charge < -0.3 is 5.73 Å². The van der Waals surface area contributed by atoms with Crippen LogP contribution in [0.5, 0.6) is 0 Å². The summed E-state index contributed by atoms with van der Waals surface area (Å²) in [6, 6.07) is 9.98. The molecule has 0 amide bonds. The lowest BCUT2D eigenvalue weighted by molar-refractivity contribution is 1.10. The van der Waals surface area contributed by atoms with E-state index in [1.807, 2.05) is 24.3 Å². The van der Waals surface area contributed by atoms with Crippen molar-refractivity contribution in [2.24, 2.45) is 0 Å². The molecule has 0 radical (unpaired) electrons. The lowest BCUT2D eigenvalue weighted by Crippen LogP contribution is -1.81. The van der Waals surface area contributed by atoms with E-state index >= 15 is 0 Å². The van der Waals surface area contributed by atoms with Gasteiger partial charge in [-0.1, -0.05) is 12.1 Å². The number of benzene rings is 1. The second-order valence-corrected chi connectivity index (χ2v) is 3.96. The Morgan fingerprint density at radius 3 is 2.77 bits per heavy atom. The monoisotopic (exact) mass is 285 g/mol. The van der Waals surface area contributed by atoms with Gasteiger partial charge >= 0.3 is 0 Å². The van der Waals surface area contributed by atoms with Gasteiger partial charge in [0.1, 0.15) is 5.82 Å². The number of nitrogens with one attached hydrogen (secondary N) is 1. The summed E-state index contributed by atoms with van der Waals surface area (Å²) in [6.45, 7) is 0. The molecule has 0 saturated carbocycles. The zero-order valence-electron chi connectivity index (χ0n) is 6.79. The minimum Gasteiger partial charge on any atom is -0.382 e. The SMILES string of the molecule is Nc1cc(-c2cccc(I)c2)[nH]n1. The van der Waals surface area contributed by atoms with Crippen molar-refractivity contribution in [3.8, 4) is 11.3 Å². The van der Waals surface area contributed by atoms with Gasteiger partial charge in [-0.2, -0.15) is 5.10 Å². The van der Waals surface area contributed by atoms with E-state index in [4.69, 9.17) is 5.73 Å². The van der Waals surface area contributed by atoms with Gasteiger partial charge in [-0.15, -0.1) is 0 Å². The highest BCUT2D eigenvalue weighted by atomic mass is 127. The van der Waals surface area contributed by atoms with Crippen LogP contribution in [0.1, 0.15) is 0 Å². The molecule has 0 unspecified atom stereocenters. The molecule has 4 heteroatoms. The predicted octanol–water partition coefficient (Wildman–Crippen LogP) is 2.26. The van der Waals surface area contributed by atoms with Crippen molar-refractivity contribution in [1.29, 1.82) is 0 Å². The molecule has 2 rings (SSSR count). The van der Waals surface area contributed by atoms with Crippen molar-refractivity contribution >= 4 is 28.4 Å². The molecule has 0 atom stereocenters. The minimum atomic E-state index is 0.522. The molecule has 1 aromatic heterocycles. The second kappa shape index (κ2) is 3.37. The summed E-state index contributed by atoms with van der Waals surface area (Å²) < 4.78 is 1.20. The van der Waals surface area contributed by atoms with Crippen LogP contribution >= 0.6 is 22.6 Å². The summed E-state index contributed by atoms with van der Waals surface area (Å²) in [5, 5.41) is 6.74. The van der Waals surface area contributed by atoms with Crippen LogP contribution in [-0.2, 0) is 0 Å². The van der Waals surface area contributed by atoms with Crippen molar-refractivity contribution in [3.63, 3.8) is 0 Å². The maximum atomic E-state index is 5.51. The number of nitrogen functional groups attached to an aromatic ring is 1. The number of halogens is 1. The largest absolute Gasteiger partial charge is 0.382 e. The van der Waals surface area contributed by atoms with Gasteiger partial charge in [0.15, 0.2) is 0 Å². The van der Waals surface area contributed by atoms with E-state index in [0.717, 1.165) is 11.3 Å². The van der Waals surface area contributed by atoms with Crippen LogP contribution in [0.3, 0.4) is 0 Å². The number of nitrogens with zero attached hydrogens (tertiary/aromatic N) is 1. The zero-order valence-corrected chi connectivity index (χ0v) is 8.95. The first-order valence-electron chi connectivity index (χ1n) is 3.82. The van der Waals surface area contributed by atoms with Crippen LogP contribution in [0.25, 0.3) is 11.3 Å². The Morgan fingerprint density at radius 1 is 1.31 bits per heavy atom. The van der Waals surface area contributed by atoms with Gasteiger partial charge in [-0.05, 0) is 34.7 Å². The third-order valence-corrected chi connectivity index (χ3v) is 2.40. The van der Waals surface area contributed by atoms with E-state index in [1.54, 1.807) is 0 Å². The molecule has 2 aromatic rings. The Bertz CT molecular complexity index is 422. The van der Waals surface area contributed by atoms with Crippen molar-refractivity contribution in [2.75, 3.05) is 5.73 Å². The summed E-state index contributed by atoms with van der Waals surface area (Å²) in [5.74, 6) is 0.522. The van der Waals surface area contributed by atoms with Crippen LogP contribution in [0.2, 0.25) is 0 Å². The number of aromatic amines is 1. The molecule has 0 aliphatic carbocycles. The smallest absolute Gasteiger partial charge is 0.145 e. The Hall–Kier alpha value is -1.04. The van der Waals surface area contributed by atoms with Crippen molar-refractivity contribution in [2.45, 2.75) is 0 Å². The molecule has 0 fully saturated rings. The minimum absolute atomic E-state index is 0.522. The quantitative estimate of drug-likeness (QED) is 0.790. The topological polar surface area (TPSA) is 54.7 Å². The molecule has 66 valence electrons. The number of anilines is 1. The molecule has 0 bridgehead atoms. The molecular weight excluding hydrogens is 277 g/mol. The fourth-order valence-electron chi connectivity index (χ4n) is 1.14. The van der Waals surface area contributed by atoms with Crippen LogP contribution in [0.15, 0.2) is 30.3 Å².